The smallest absolute Gasteiger partial charge is 0.348 e. The summed E-state index contributed by atoms with van der Waals surface area (Å²) in [6.45, 7) is 3.70. The first-order valence-corrected chi connectivity index (χ1v) is 6.74. The highest BCUT2D eigenvalue weighted by Gasteiger charge is 2.23. The van der Waals surface area contributed by atoms with Crippen molar-refractivity contribution in [2.24, 2.45) is 0 Å². The van der Waals surface area contributed by atoms with Gasteiger partial charge in [0, 0.05) is 10.9 Å². The van der Waals surface area contributed by atoms with Crippen LogP contribution >= 0.6 is 11.3 Å². The van der Waals surface area contributed by atoms with E-state index >= 15 is 0 Å². The zero-order valence-corrected chi connectivity index (χ0v) is 11.7. The van der Waals surface area contributed by atoms with Crippen LogP contribution in [0.2, 0.25) is 0 Å². The summed E-state index contributed by atoms with van der Waals surface area (Å²) in [5, 5.41) is 9.12. The first kappa shape index (κ1) is 14.5. The Morgan fingerprint density at radius 2 is 1.80 bits per heavy atom. The lowest BCUT2D eigenvalue weighted by molar-refractivity contribution is 0.0703. The number of carboxylic acid groups (broad SMARTS) is 1. The van der Waals surface area contributed by atoms with Crippen molar-refractivity contribution in [2.75, 3.05) is 5.73 Å². The fraction of sp³-hybridized carbons (Fsp3) is 0.214. The number of hydrogen-bond donors (Lipinski definition) is 2. The number of nitrogen functional groups attached to an aromatic ring is 1. The highest BCUT2D eigenvalue weighted by atomic mass is 32.1. The summed E-state index contributed by atoms with van der Waals surface area (Å²) in [5.41, 5.74) is 6.94. The molecule has 2 aromatic rings. The van der Waals surface area contributed by atoms with Gasteiger partial charge in [-0.3, -0.25) is 0 Å². The van der Waals surface area contributed by atoms with Gasteiger partial charge >= 0.3 is 5.97 Å². The van der Waals surface area contributed by atoms with E-state index in [0.717, 1.165) is 17.4 Å². The van der Waals surface area contributed by atoms with Crippen LogP contribution in [0.5, 0.6) is 0 Å². The number of halogens is 2. The molecule has 0 radical (unpaired) electrons. The van der Waals surface area contributed by atoms with E-state index < -0.39 is 17.6 Å². The topological polar surface area (TPSA) is 63.3 Å². The van der Waals surface area contributed by atoms with E-state index in [1.165, 1.54) is 12.1 Å². The lowest BCUT2D eigenvalue weighted by Crippen LogP contribution is -2.00. The Bertz CT molecular complexity index is 660. The van der Waals surface area contributed by atoms with Crippen molar-refractivity contribution in [3.63, 3.8) is 0 Å². The second-order valence-corrected chi connectivity index (χ2v) is 5.73. The maximum Gasteiger partial charge on any atom is 0.348 e. The largest absolute Gasteiger partial charge is 0.477 e. The number of aromatic carboxylic acids is 1. The summed E-state index contributed by atoms with van der Waals surface area (Å²) in [4.78, 5) is 11.6. The summed E-state index contributed by atoms with van der Waals surface area (Å²) >= 11 is 0.935. The van der Waals surface area contributed by atoms with Crippen molar-refractivity contribution in [3.05, 3.63) is 40.3 Å². The molecule has 0 spiro atoms. The van der Waals surface area contributed by atoms with E-state index in [9.17, 15) is 13.6 Å². The van der Waals surface area contributed by atoms with Gasteiger partial charge in [0.05, 0.1) is 5.69 Å². The lowest BCUT2D eigenvalue weighted by Gasteiger charge is -2.09. The minimum absolute atomic E-state index is 0.00614. The number of hydrogen-bond acceptors (Lipinski definition) is 3. The van der Waals surface area contributed by atoms with Crippen LogP contribution in [0, 0.1) is 11.6 Å². The number of anilines is 1. The standard InChI is InChI=1S/C14H13F2NO2S/c1-6(2)10-11(17)13(14(18)19)20-12(10)7-3-8(15)5-9(16)4-7/h3-6H,17H2,1-2H3,(H,18,19). The third-order valence-corrected chi connectivity index (χ3v) is 4.14. The second kappa shape index (κ2) is 5.20. The van der Waals surface area contributed by atoms with Crippen LogP contribution < -0.4 is 5.73 Å². The quantitative estimate of drug-likeness (QED) is 0.896. The Hall–Kier alpha value is -1.95. The van der Waals surface area contributed by atoms with Gasteiger partial charge in [-0.15, -0.1) is 11.3 Å². The first-order valence-electron chi connectivity index (χ1n) is 5.93. The molecule has 0 bridgehead atoms. The molecule has 1 aromatic heterocycles. The predicted octanol–water partition coefficient (Wildman–Crippen LogP) is 4.10. The van der Waals surface area contributed by atoms with Crippen LogP contribution in [0.3, 0.4) is 0 Å². The molecule has 3 N–H and O–H groups in total. The molecule has 0 amide bonds. The number of nitrogens with two attached hydrogens (primary N) is 1. The minimum atomic E-state index is -1.14. The van der Waals surface area contributed by atoms with Crippen molar-refractivity contribution in [3.8, 4) is 10.4 Å². The van der Waals surface area contributed by atoms with Crippen molar-refractivity contribution >= 4 is 23.0 Å². The van der Waals surface area contributed by atoms with Crippen LogP contribution in [0.25, 0.3) is 10.4 Å². The third-order valence-electron chi connectivity index (χ3n) is 2.88. The van der Waals surface area contributed by atoms with Gasteiger partial charge in [0.15, 0.2) is 0 Å². The first-order chi connectivity index (χ1) is 9.31. The van der Waals surface area contributed by atoms with Gasteiger partial charge in [-0.05, 0) is 29.2 Å². The Balaban J connectivity index is 2.72. The molecule has 0 unspecified atom stereocenters. The van der Waals surface area contributed by atoms with Crippen LogP contribution in [-0.4, -0.2) is 11.1 Å². The fourth-order valence-electron chi connectivity index (χ4n) is 2.09. The number of benzene rings is 1. The Kier molecular flexibility index (Phi) is 3.76. The number of thiophene rings is 1. The van der Waals surface area contributed by atoms with Crippen LogP contribution in [-0.2, 0) is 0 Å². The summed E-state index contributed by atoms with van der Waals surface area (Å²) in [5.74, 6) is -2.62. The monoisotopic (exact) mass is 297 g/mol. The van der Waals surface area contributed by atoms with Gasteiger partial charge in [-0.1, -0.05) is 13.8 Å². The summed E-state index contributed by atoms with van der Waals surface area (Å²) in [6.07, 6.45) is 0. The molecule has 0 aliphatic heterocycles. The van der Waals surface area contributed by atoms with E-state index in [2.05, 4.69) is 0 Å². The molecule has 1 aromatic carbocycles. The molecular formula is C14H13F2NO2S. The van der Waals surface area contributed by atoms with Gasteiger partial charge in [0.1, 0.15) is 16.5 Å². The Morgan fingerprint density at radius 1 is 1.25 bits per heavy atom. The zero-order valence-electron chi connectivity index (χ0n) is 10.9. The van der Waals surface area contributed by atoms with Crippen molar-refractivity contribution < 1.29 is 18.7 Å². The van der Waals surface area contributed by atoms with Gasteiger partial charge in [0.25, 0.3) is 0 Å². The molecule has 1 heterocycles. The molecule has 0 aliphatic carbocycles. The summed E-state index contributed by atoms with van der Waals surface area (Å²) < 4.78 is 26.7. The van der Waals surface area contributed by atoms with E-state index in [0.29, 0.717) is 16.0 Å². The molecule has 0 fully saturated rings. The highest BCUT2D eigenvalue weighted by Crippen LogP contribution is 2.42. The average Bonchev–Trinajstić information content (AvgIpc) is 2.65. The highest BCUT2D eigenvalue weighted by molar-refractivity contribution is 7.18. The van der Waals surface area contributed by atoms with Gasteiger partial charge < -0.3 is 10.8 Å². The summed E-state index contributed by atoms with van der Waals surface area (Å²) in [6, 6.07) is 3.12. The lowest BCUT2D eigenvalue weighted by atomic mass is 9.98. The predicted molar refractivity (Wildman–Crippen MR) is 75.1 cm³/mol. The fourth-order valence-corrected chi connectivity index (χ4v) is 3.29. The van der Waals surface area contributed by atoms with E-state index in [-0.39, 0.29) is 16.5 Å². The number of carboxylic acids is 1. The SMILES string of the molecule is CC(C)c1c(-c2cc(F)cc(F)c2)sc(C(=O)O)c1N. The van der Waals surface area contributed by atoms with E-state index in [1.807, 2.05) is 13.8 Å². The Labute approximate surface area is 118 Å². The molecule has 0 atom stereocenters. The zero-order chi connectivity index (χ0) is 15.0. The van der Waals surface area contributed by atoms with Crippen LogP contribution in [0.15, 0.2) is 18.2 Å². The minimum Gasteiger partial charge on any atom is -0.477 e. The summed E-state index contributed by atoms with van der Waals surface area (Å²) in [7, 11) is 0. The van der Waals surface area contributed by atoms with E-state index in [4.69, 9.17) is 10.8 Å². The Morgan fingerprint density at radius 3 is 2.25 bits per heavy atom. The molecule has 0 saturated heterocycles. The molecule has 6 heteroatoms. The van der Waals surface area contributed by atoms with Crippen molar-refractivity contribution in [1.82, 2.24) is 0 Å². The van der Waals surface area contributed by atoms with E-state index in [1.54, 1.807) is 0 Å². The van der Waals surface area contributed by atoms with Gasteiger partial charge in [0.2, 0.25) is 0 Å². The molecule has 0 saturated carbocycles. The molecule has 20 heavy (non-hydrogen) atoms. The number of rotatable bonds is 3. The van der Waals surface area contributed by atoms with Crippen LogP contribution in [0.1, 0.15) is 35.0 Å². The molecule has 0 aliphatic rings. The second-order valence-electron chi connectivity index (χ2n) is 4.71. The normalized spacial score (nSPS) is 11.1. The van der Waals surface area contributed by atoms with Gasteiger partial charge in [-0.2, -0.15) is 0 Å². The third kappa shape index (κ3) is 2.51. The molecule has 2 rings (SSSR count). The molecular weight excluding hydrogens is 284 g/mol. The maximum atomic E-state index is 13.3. The van der Waals surface area contributed by atoms with Gasteiger partial charge in [-0.25, -0.2) is 13.6 Å². The van der Waals surface area contributed by atoms with Crippen LogP contribution in [0.4, 0.5) is 14.5 Å². The average molecular weight is 297 g/mol. The maximum absolute atomic E-state index is 13.3. The number of carbonyl (C=O) groups is 1. The molecule has 106 valence electrons. The van der Waals surface area contributed by atoms with Crippen molar-refractivity contribution in [2.45, 2.75) is 19.8 Å². The molecule has 3 nitrogen and oxygen atoms in total. The van der Waals surface area contributed by atoms with Crippen molar-refractivity contribution in [1.29, 1.82) is 0 Å².